The van der Waals surface area contributed by atoms with E-state index in [-0.39, 0.29) is 6.10 Å². The molecule has 1 aromatic rings. The fourth-order valence-electron chi connectivity index (χ4n) is 2.83. The van der Waals surface area contributed by atoms with E-state index in [1.54, 1.807) is 0 Å². The van der Waals surface area contributed by atoms with Crippen molar-refractivity contribution < 1.29 is 5.11 Å². The van der Waals surface area contributed by atoms with E-state index in [0.29, 0.717) is 5.92 Å². The minimum atomic E-state index is -0.203. The molecule has 20 heavy (non-hydrogen) atoms. The van der Waals surface area contributed by atoms with E-state index in [4.69, 9.17) is 0 Å². The standard InChI is InChI=1S/C16H23BrN2O/c1-11(20)13-6-7-19(10-13)15-5-2-12(16(17)8-15)9-18-14-3-4-14/h2,5,8,11,13-14,18,20H,3-4,6-7,9-10H2,1H3. The lowest BCUT2D eigenvalue weighted by atomic mass is 10.0. The number of aliphatic hydroxyl groups is 1. The predicted molar refractivity (Wildman–Crippen MR) is 86.0 cm³/mol. The van der Waals surface area contributed by atoms with Gasteiger partial charge in [0.2, 0.25) is 0 Å². The Morgan fingerprint density at radius 2 is 2.20 bits per heavy atom. The summed E-state index contributed by atoms with van der Waals surface area (Å²) in [6.45, 7) is 4.85. The number of halogens is 1. The molecule has 1 saturated carbocycles. The molecule has 0 bridgehead atoms. The number of aliphatic hydroxyl groups excluding tert-OH is 1. The van der Waals surface area contributed by atoms with Gasteiger partial charge in [-0.2, -0.15) is 0 Å². The Labute approximate surface area is 129 Å². The molecule has 1 aliphatic carbocycles. The van der Waals surface area contributed by atoms with Gasteiger partial charge in [-0.3, -0.25) is 0 Å². The van der Waals surface area contributed by atoms with Crippen LogP contribution in [0.25, 0.3) is 0 Å². The monoisotopic (exact) mass is 338 g/mol. The van der Waals surface area contributed by atoms with Gasteiger partial charge < -0.3 is 15.3 Å². The highest BCUT2D eigenvalue weighted by Gasteiger charge is 2.26. The second-order valence-corrected chi connectivity index (χ2v) is 7.02. The van der Waals surface area contributed by atoms with Crippen LogP contribution in [0.1, 0.15) is 31.7 Å². The average molecular weight is 339 g/mol. The molecule has 3 nitrogen and oxygen atoms in total. The van der Waals surface area contributed by atoms with Crippen LogP contribution < -0.4 is 10.2 Å². The van der Waals surface area contributed by atoms with Crippen LogP contribution >= 0.6 is 15.9 Å². The maximum Gasteiger partial charge on any atom is 0.0557 e. The summed E-state index contributed by atoms with van der Waals surface area (Å²) in [6, 6.07) is 7.38. The van der Waals surface area contributed by atoms with Crippen LogP contribution in [-0.2, 0) is 6.54 Å². The number of hydrogen-bond donors (Lipinski definition) is 2. The summed E-state index contributed by atoms with van der Waals surface area (Å²) < 4.78 is 1.18. The van der Waals surface area contributed by atoms with Crippen LogP contribution in [0, 0.1) is 5.92 Å². The van der Waals surface area contributed by atoms with Crippen LogP contribution in [0.5, 0.6) is 0 Å². The van der Waals surface area contributed by atoms with Crippen molar-refractivity contribution in [1.82, 2.24) is 5.32 Å². The fourth-order valence-corrected chi connectivity index (χ4v) is 3.34. The van der Waals surface area contributed by atoms with Crippen molar-refractivity contribution in [3.63, 3.8) is 0 Å². The van der Waals surface area contributed by atoms with Gasteiger partial charge in [-0.1, -0.05) is 22.0 Å². The van der Waals surface area contributed by atoms with Gasteiger partial charge in [0.25, 0.3) is 0 Å². The molecule has 4 heteroatoms. The Balaban J connectivity index is 1.64. The first-order chi connectivity index (χ1) is 9.63. The minimum absolute atomic E-state index is 0.203. The van der Waals surface area contributed by atoms with Crippen LogP contribution in [0.2, 0.25) is 0 Å². The van der Waals surface area contributed by atoms with E-state index in [9.17, 15) is 5.11 Å². The van der Waals surface area contributed by atoms with Crippen molar-refractivity contribution in [2.24, 2.45) is 5.92 Å². The molecule has 2 atom stereocenters. The maximum absolute atomic E-state index is 9.70. The van der Waals surface area contributed by atoms with Crippen molar-refractivity contribution in [2.75, 3.05) is 18.0 Å². The van der Waals surface area contributed by atoms with Crippen molar-refractivity contribution >= 4 is 21.6 Å². The highest BCUT2D eigenvalue weighted by molar-refractivity contribution is 9.10. The van der Waals surface area contributed by atoms with Crippen LogP contribution in [0.15, 0.2) is 22.7 Å². The first-order valence-electron chi connectivity index (χ1n) is 7.58. The molecule has 0 radical (unpaired) electrons. The van der Waals surface area contributed by atoms with Crippen LogP contribution in [0.4, 0.5) is 5.69 Å². The average Bonchev–Trinajstić information content (AvgIpc) is 3.11. The number of benzene rings is 1. The van der Waals surface area contributed by atoms with E-state index in [0.717, 1.165) is 32.1 Å². The molecular formula is C16H23BrN2O. The molecule has 1 heterocycles. The molecule has 0 amide bonds. The second kappa shape index (κ2) is 6.04. The van der Waals surface area contributed by atoms with Crippen molar-refractivity contribution in [2.45, 2.75) is 44.9 Å². The zero-order valence-corrected chi connectivity index (χ0v) is 13.6. The summed E-state index contributed by atoms with van der Waals surface area (Å²) in [7, 11) is 0. The molecular weight excluding hydrogens is 316 g/mol. The molecule has 1 saturated heterocycles. The van der Waals surface area contributed by atoms with Crippen molar-refractivity contribution in [1.29, 1.82) is 0 Å². The second-order valence-electron chi connectivity index (χ2n) is 6.17. The molecule has 0 aromatic heterocycles. The largest absolute Gasteiger partial charge is 0.393 e. The molecule has 110 valence electrons. The van der Waals surface area contributed by atoms with E-state index >= 15 is 0 Å². The van der Waals surface area contributed by atoms with E-state index < -0.39 is 0 Å². The third-order valence-electron chi connectivity index (χ3n) is 4.47. The Morgan fingerprint density at radius 1 is 1.40 bits per heavy atom. The van der Waals surface area contributed by atoms with E-state index in [1.807, 2.05) is 6.92 Å². The number of hydrogen-bond acceptors (Lipinski definition) is 3. The van der Waals surface area contributed by atoms with Gasteiger partial charge in [-0.25, -0.2) is 0 Å². The number of nitrogens with zero attached hydrogens (tertiary/aromatic N) is 1. The smallest absolute Gasteiger partial charge is 0.0557 e. The Morgan fingerprint density at radius 3 is 2.80 bits per heavy atom. The van der Waals surface area contributed by atoms with Crippen LogP contribution in [0.3, 0.4) is 0 Å². The topological polar surface area (TPSA) is 35.5 Å². The van der Waals surface area contributed by atoms with Gasteiger partial charge in [0.05, 0.1) is 6.10 Å². The quantitative estimate of drug-likeness (QED) is 0.866. The lowest BCUT2D eigenvalue weighted by molar-refractivity contribution is 0.136. The lowest BCUT2D eigenvalue weighted by Gasteiger charge is -2.20. The van der Waals surface area contributed by atoms with Crippen LogP contribution in [-0.4, -0.2) is 30.3 Å². The fraction of sp³-hybridized carbons (Fsp3) is 0.625. The first-order valence-corrected chi connectivity index (χ1v) is 8.37. The number of anilines is 1. The lowest BCUT2D eigenvalue weighted by Crippen LogP contribution is -2.24. The molecule has 2 unspecified atom stereocenters. The maximum atomic E-state index is 9.70. The van der Waals surface area contributed by atoms with Gasteiger partial charge in [0, 0.05) is 41.8 Å². The third-order valence-corrected chi connectivity index (χ3v) is 5.21. The molecule has 3 rings (SSSR count). The Bertz CT molecular complexity index is 474. The van der Waals surface area contributed by atoms with E-state index in [1.165, 1.54) is 28.6 Å². The predicted octanol–water partition coefficient (Wildman–Crippen LogP) is 2.91. The molecule has 2 N–H and O–H groups in total. The molecule has 1 aliphatic heterocycles. The Hall–Kier alpha value is -0.580. The normalized spacial score (nSPS) is 24.1. The summed E-state index contributed by atoms with van der Waals surface area (Å²) in [6.07, 6.45) is 3.53. The number of nitrogens with one attached hydrogen (secondary N) is 1. The zero-order chi connectivity index (χ0) is 14.1. The first kappa shape index (κ1) is 14.4. The molecule has 0 spiro atoms. The van der Waals surface area contributed by atoms with Gasteiger partial charge in [0.15, 0.2) is 0 Å². The summed E-state index contributed by atoms with van der Waals surface area (Å²) in [5.74, 6) is 0.407. The van der Waals surface area contributed by atoms with Gasteiger partial charge in [-0.05, 0) is 43.9 Å². The highest BCUT2D eigenvalue weighted by atomic mass is 79.9. The van der Waals surface area contributed by atoms with Crippen molar-refractivity contribution in [3.8, 4) is 0 Å². The summed E-state index contributed by atoms with van der Waals surface area (Å²) in [5, 5.41) is 13.2. The molecule has 2 aliphatic rings. The summed E-state index contributed by atoms with van der Waals surface area (Å²) >= 11 is 3.69. The van der Waals surface area contributed by atoms with E-state index in [2.05, 4.69) is 44.3 Å². The minimum Gasteiger partial charge on any atom is -0.393 e. The van der Waals surface area contributed by atoms with Crippen molar-refractivity contribution in [3.05, 3.63) is 28.2 Å². The zero-order valence-electron chi connectivity index (χ0n) is 12.0. The van der Waals surface area contributed by atoms with Gasteiger partial charge >= 0.3 is 0 Å². The molecule has 2 fully saturated rings. The molecule has 1 aromatic carbocycles. The summed E-state index contributed by atoms with van der Waals surface area (Å²) in [4.78, 5) is 2.38. The number of rotatable bonds is 5. The summed E-state index contributed by atoms with van der Waals surface area (Å²) in [5.41, 5.74) is 2.59. The van der Waals surface area contributed by atoms with Gasteiger partial charge in [-0.15, -0.1) is 0 Å². The Kier molecular flexibility index (Phi) is 4.34. The SMILES string of the molecule is CC(O)C1CCN(c2ccc(CNC3CC3)c(Br)c2)C1. The van der Waals surface area contributed by atoms with Gasteiger partial charge in [0.1, 0.15) is 0 Å². The highest BCUT2D eigenvalue weighted by Crippen LogP contribution is 2.30. The third kappa shape index (κ3) is 3.35.